The van der Waals surface area contributed by atoms with Crippen molar-refractivity contribution in [1.82, 2.24) is 19.3 Å². The summed E-state index contributed by atoms with van der Waals surface area (Å²) in [6.45, 7) is 11.1. The number of aromatic nitrogens is 4. The number of hydrogen-bond acceptors (Lipinski definition) is 3. The molecule has 0 aliphatic rings. The van der Waals surface area contributed by atoms with Gasteiger partial charge in [-0.15, -0.1) is 35.7 Å². The molecule has 3 heterocycles. The van der Waals surface area contributed by atoms with E-state index < -0.39 is 0 Å². The van der Waals surface area contributed by atoms with Gasteiger partial charge in [0.2, 0.25) is 0 Å². The number of benzene rings is 4. The minimum absolute atomic E-state index is 0. The number of nitrogens with zero attached hydrogens (tertiary/aromatic N) is 4. The molecule has 0 aliphatic carbocycles. The van der Waals surface area contributed by atoms with Crippen molar-refractivity contribution in [3.63, 3.8) is 0 Å². The molecule has 0 saturated carbocycles. The van der Waals surface area contributed by atoms with Crippen LogP contribution in [0, 0.1) is 31.9 Å². The molecule has 0 bridgehead atoms. The Kier molecular flexibility index (Phi) is 9.47. The Balaban J connectivity index is 0.00000386. The second-order valence-electron chi connectivity index (χ2n) is 12.6. The van der Waals surface area contributed by atoms with Crippen LogP contribution >= 0.6 is 0 Å². The normalized spacial score (nSPS) is 11.4. The van der Waals surface area contributed by atoms with Gasteiger partial charge in [0.05, 0.1) is 6.20 Å². The quantitative estimate of drug-likeness (QED) is 0.137. The molecule has 3 aromatic heterocycles. The summed E-state index contributed by atoms with van der Waals surface area (Å²) >= 11 is 0. The number of pyridine rings is 1. The molecule has 0 spiro atoms. The number of aryl methyl sites for hydroxylation is 3. The molecule has 0 unspecified atom stereocenters. The van der Waals surface area contributed by atoms with Crippen LogP contribution in [0.4, 0.5) is 0 Å². The molecule has 47 heavy (non-hydrogen) atoms. The Bertz CT molecular complexity index is 2190. The summed E-state index contributed by atoms with van der Waals surface area (Å²) in [7, 11) is 0. The zero-order chi connectivity index (χ0) is 31.8. The molecule has 6 heteroatoms. The molecule has 0 amide bonds. The number of hydrogen-bond donors (Lipinski definition) is 0. The van der Waals surface area contributed by atoms with E-state index in [0.717, 1.165) is 63.7 Å². The van der Waals surface area contributed by atoms with Gasteiger partial charge in [-0.3, -0.25) is 4.68 Å². The SMILES string of the molecule is CCCc1cc(CC(C)C)cc(C)c1-c1cnn(-c2[c-]c(Oc3[c-]c4c(cc3)c3ccccc3n4-c3cc(C)ccn3)ccc2)c1.[Pt+2]. The fraction of sp³-hybridized carbons (Fsp3) is 0.220. The van der Waals surface area contributed by atoms with Crippen molar-refractivity contribution in [3.05, 3.63) is 132 Å². The predicted octanol–water partition coefficient (Wildman–Crippen LogP) is 10.2. The standard InChI is InChI=1S/C41H38N4O.Pt/c1-6-10-31-22-30(19-27(2)3)21-29(5)41(31)32-25-43-44(26-32)33-11-9-12-34(23-33)46-35-15-16-37-36-13-7-8-14-38(36)45(39(37)24-35)40-20-28(4)17-18-42-40;/h7-9,11-18,20-22,25-27H,6,10,19H2,1-5H3;/q-2;+2. The van der Waals surface area contributed by atoms with Crippen molar-refractivity contribution in [2.45, 2.75) is 53.9 Å². The summed E-state index contributed by atoms with van der Waals surface area (Å²) in [5.41, 5.74) is 10.5. The number of ether oxygens (including phenoxy) is 1. The van der Waals surface area contributed by atoms with E-state index in [0.29, 0.717) is 17.4 Å². The molecule has 0 fully saturated rings. The Morgan fingerprint density at radius 3 is 2.51 bits per heavy atom. The van der Waals surface area contributed by atoms with Crippen LogP contribution in [0.25, 0.3) is 44.4 Å². The van der Waals surface area contributed by atoms with Crippen LogP contribution < -0.4 is 4.74 Å². The van der Waals surface area contributed by atoms with Crippen LogP contribution in [-0.2, 0) is 33.9 Å². The van der Waals surface area contributed by atoms with Gasteiger partial charge in [-0.05, 0) is 89.7 Å². The molecule has 4 aromatic carbocycles. The monoisotopic (exact) mass is 797 g/mol. The molecule has 0 N–H and O–H groups in total. The first-order valence-electron chi connectivity index (χ1n) is 16.1. The van der Waals surface area contributed by atoms with Gasteiger partial charge in [0.15, 0.2) is 0 Å². The van der Waals surface area contributed by atoms with Crippen molar-refractivity contribution in [2.24, 2.45) is 5.92 Å². The minimum atomic E-state index is 0. The molecule has 0 saturated heterocycles. The largest absolute Gasteiger partial charge is 2.00 e. The van der Waals surface area contributed by atoms with E-state index in [1.807, 2.05) is 47.4 Å². The number of fused-ring (bicyclic) bond motifs is 3. The van der Waals surface area contributed by atoms with Crippen molar-refractivity contribution in [3.8, 4) is 34.1 Å². The zero-order valence-corrected chi connectivity index (χ0v) is 29.7. The van der Waals surface area contributed by atoms with Gasteiger partial charge < -0.3 is 9.30 Å². The first-order valence-corrected chi connectivity index (χ1v) is 16.1. The molecule has 0 aliphatic heterocycles. The van der Waals surface area contributed by atoms with Crippen LogP contribution in [0.15, 0.2) is 97.5 Å². The minimum Gasteiger partial charge on any atom is -0.509 e. The Labute approximate surface area is 291 Å². The fourth-order valence-corrected chi connectivity index (χ4v) is 6.56. The van der Waals surface area contributed by atoms with E-state index in [1.54, 1.807) is 0 Å². The van der Waals surface area contributed by atoms with E-state index >= 15 is 0 Å². The van der Waals surface area contributed by atoms with Gasteiger partial charge in [-0.2, -0.15) is 17.2 Å². The Hall–Kier alpha value is -4.47. The fourth-order valence-electron chi connectivity index (χ4n) is 6.56. The molecule has 7 rings (SSSR count). The van der Waals surface area contributed by atoms with E-state index in [1.165, 1.54) is 22.3 Å². The zero-order valence-electron chi connectivity index (χ0n) is 27.4. The van der Waals surface area contributed by atoms with Crippen LogP contribution in [-0.4, -0.2) is 19.3 Å². The second-order valence-corrected chi connectivity index (χ2v) is 12.6. The van der Waals surface area contributed by atoms with E-state index in [-0.39, 0.29) is 21.1 Å². The third-order valence-corrected chi connectivity index (χ3v) is 8.42. The van der Waals surface area contributed by atoms with Gasteiger partial charge in [0.1, 0.15) is 5.82 Å². The topological polar surface area (TPSA) is 44.9 Å². The van der Waals surface area contributed by atoms with Gasteiger partial charge in [-0.25, -0.2) is 4.98 Å². The molecule has 7 aromatic rings. The van der Waals surface area contributed by atoms with Crippen LogP contribution in [0.5, 0.6) is 11.5 Å². The molecule has 0 radical (unpaired) electrons. The van der Waals surface area contributed by atoms with Crippen LogP contribution in [0.1, 0.15) is 49.4 Å². The second kappa shape index (κ2) is 13.7. The first kappa shape index (κ1) is 32.5. The number of para-hydroxylation sites is 1. The van der Waals surface area contributed by atoms with E-state index in [4.69, 9.17) is 9.84 Å². The van der Waals surface area contributed by atoms with Crippen LogP contribution in [0.3, 0.4) is 0 Å². The summed E-state index contributed by atoms with van der Waals surface area (Å²) in [6.07, 6.45) is 9.15. The van der Waals surface area contributed by atoms with Crippen molar-refractivity contribution >= 4 is 21.8 Å². The summed E-state index contributed by atoms with van der Waals surface area (Å²) in [5.74, 6) is 2.69. The Morgan fingerprint density at radius 2 is 1.70 bits per heavy atom. The van der Waals surface area contributed by atoms with Crippen molar-refractivity contribution in [1.29, 1.82) is 0 Å². The maximum atomic E-state index is 6.38. The first-order chi connectivity index (χ1) is 22.4. The van der Waals surface area contributed by atoms with Gasteiger partial charge in [0, 0.05) is 35.0 Å². The maximum absolute atomic E-state index is 6.38. The summed E-state index contributed by atoms with van der Waals surface area (Å²) in [4.78, 5) is 4.69. The third-order valence-electron chi connectivity index (χ3n) is 8.42. The maximum Gasteiger partial charge on any atom is 2.00 e. The van der Waals surface area contributed by atoms with Gasteiger partial charge >= 0.3 is 21.1 Å². The summed E-state index contributed by atoms with van der Waals surface area (Å²) in [5, 5.41) is 7.00. The summed E-state index contributed by atoms with van der Waals surface area (Å²) in [6, 6.07) is 34.1. The molecular weight excluding hydrogens is 760 g/mol. The molecule has 238 valence electrons. The van der Waals surface area contributed by atoms with Gasteiger partial charge in [0.25, 0.3) is 0 Å². The van der Waals surface area contributed by atoms with Crippen molar-refractivity contribution in [2.75, 3.05) is 0 Å². The van der Waals surface area contributed by atoms with Crippen LogP contribution in [0.2, 0.25) is 0 Å². The smallest absolute Gasteiger partial charge is 0.509 e. The third kappa shape index (κ3) is 6.55. The Morgan fingerprint density at radius 1 is 0.872 bits per heavy atom. The average molecular weight is 798 g/mol. The predicted molar refractivity (Wildman–Crippen MR) is 187 cm³/mol. The van der Waals surface area contributed by atoms with E-state index in [2.05, 4.69) is 111 Å². The number of rotatable bonds is 9. The molecular formula is C41H38N4OPt. The van der Waals surface area contributed by atoms with E-state index in [9.17, 15) is 0 Å². The van der Waals surface area contributed by atoms with Gasteiger partial charge in [-0.1, -0.05) is 63.0 Å². The molecule has 5 nitrogen and oxygen atoms in total. The van der Waals surface area contributed by atoms with Crippen molar-refractivity contribution < 1.29 is 25.8 Å². The average Bonchev–Trinajstić information content (AvgIpc) is 3.64. The summed E-state index contributed by atoms with van der Waals surface area (Å²) < 4.78 is 10.4. The molecule has 0 atom stereocenters.